The number of carbonyl (C=O) groups is 1. The Labute approximate surface area is 271 Å². The monoisotopic (exact) mass is 720 g/mol. The first-order valence-electron chi connectivity index (χ1n) is 14.6. The van der Waals surface area contributed by atoms with Crippen molar-refractivity contribution in [1.29, 1.82) is 0 Å². The topological polar surface area (TPSA) is 116 Å². The van der Waals surface area contributed by atoms with Crippen molar-refractivity contribution in [2.45, 2.75) is 32.4 Å². The van der Waals surface area contributed by atoms with E-state index in [2.05, 4.69) is 62.7 Å². The molecule has 3 aromatic rings. The van der Waals surface area contributed by atoms with Crippen molar-refractivity contribution >= 4 is 43.8 Å². The van der Waals surface area contributed by atoms with Crippen molar-refractivity contribution in [3.8, 4) is 0 Å². The zero-order chi connectivity index (χ0) is 30.5. The molecule has 3 fully saturated rings. The van der Waals surface area contributed by atoms with Gasteiger partial charge in [0.2, 0.25) is 0 Å². The summed E-state index contributed by atoms with van der Waals surface area (Å²) < 4.78 is 17.5. The van der Waals surface area contributed by atoms with Crippen LogP contribution in [0.4, 0.5) is 5.69 Å². The fourth-order valence-corrected chi connectivity index (χ4v) is 4.62. The molecule has 3 saturated heterocycles. The van der Waals surface area contributed by atoms with Gasteiger partial charge in [0.25, 0.3) is 0 Å². The summed E-state index contributed by atoms with van der Waals surface area (Å²) in [5, 5.41) is 0. The van der Waals surface area contributed by atoms with Crippen LogP contribution in [-0.2, 0) is 27.3 Å². The summed E-state index contributed by atoms with van der Waals surface area (Å²) >= 11 is 6.57. The minimum Gasteiger partial charge on any atom is -0.397 e. The van der Waals surface area contributed by atoms with Crippen LogP contribution in [0.5, 0.6) is 0 Å². The summed E-state index contributed by atoms with van der Waals surface area (Å²) in [6, 6.07) is 11.4. The Morgan fingerprint density at radius 3 is 1.51 bits per heavy atom. The smallest absolute Gasteiger partial charge is 0.168 e. The fourth-order valence-electron chi connectivity index (χ4n) is 4.15. The van der Waals surface area contributed by atoms with E-state index in [1.807, 2.05) is 24.4 Å². The average molecular weight is 723 g/mol. The van der Waals surface area contributed by atoms with Gasteiger partial charge in [-0.2, -0.15) is 0 Å². The standard InChI is InChI=1S/C10H13BrN2O.C10H15N3O.C6H4BrNO.C5H10O/c2*11-9-1-2-10(12-7-9)8-13-3-5-14-6-4-13;7-5-1-2-6(4-9)8-3-5;1-2-4-6-5-3-1/h1-2,7H,3-6,8H2;1-2,7H,3-6,8,11H2;1-4H;1-5H2. The van der Waals surface area contributed by atoms with Crippen LogP contribution in [0.2, 0.25) is 0 Å². The molecule has 6 rings (SSSR count). The summed E-state index contributed by atoms with van der Waals surface area (Å²) in [7, 11) is 0. The number of halogens is 2. The van der Waals surface area contributed by atoms with E-state index in [4.69, 9.17) is 19.9 Å². The first-order chi connectivity index (χ1) is 21.0. The Balaban J connectivity index is 0.000000164. The van der Waals surface area contributed by atoms with Crippen LogP contribution in [0.1, 0.15) is 41.1 Å². The second-order valence-corrected chi connectivity index (χ2v) is 11.9. The predicted molar refractivity (Wildman–Crippen MR) is 175 cm³/mol. The van der Waals surface area contributed by atoms with E-state index >= 15 is 0 Å². The van der Waals surface area contributed by atoms with E-state index in [1.54, 1.807) is 24.5 Å². The van der Waals surface area contributed by atoms with Crippen molar-refractivity contribution in [1.82, 2.24) is 24.8 Å². The Hall–Kier alpha value is -2.32. The van der Waals surface area contributed by atoms with Gasteiger partial charge >= 0.3 is 0 Å². The molecule has 0 atom stereocenters. The van der Waals surface area contributed by atoms with Crippen LogP contribution in [-0.4, -0.2) is 96.9 Å². The van der Waals surface area contributed by atoms with Crippen molar-refractivity contribution in [3.63, 3.8) is 0 Å². The number of pyridine rings is 3. The molecule has 3 aromatic heterocycles. The minimum atomic E-state index is 0.457. The van der Waals surface area contributed by atoms with Crippen molar-refractivity contribution in [2.24, 2.45) is 0 Å². The average Bonchev–Trinajstić information content (AvgIpc) is 3.06. The Morgan fingerprint density at radius 1 is 0.651 bits per heavy atom. The Bertz CT molecular complexity index is 1070. The lowest BCUT2D eigenvalue weighted by Crippen LogP contribution is -2.35. The molecule has 43 heavy (non-hydrogen) atoms. The van der Waals surface area contributed by atoms with Gasteiger partial charge in [0.1, 0.15) is 5.69 Å². The number of rotatable bonds is 5. The highest BCUT2D eigenvalue weighted by Crippen LogP contribution is 2.10. The molecular weight excluding hydrogens is 680 g/mol. The van der Waals surface area contributed by atoms with Gasteiger partial charge in [-0.05, 0) is 87.5 Å². The third-order valence-corrected chi connectivity index (χ3v) is 7.50. The van der Waals surface area contributed by atoms with E-state index in [9.17, 15) is 4.79 Å². The quantitative estimate of drug-likeness (QED) is 0.361. The van der Waals surface area contributed by atoms with E-state index in [1.165, 1.54) is 19.3 Å². The van der Waals surface area contributed by atoms with E-state index in [0.717, 1.165) is 105 Å². The third-order valence-electron chi connectivity index (χ3n) is 6.56. The van der Waals surface area contributed by atoms with Gasteiger partial charge in [-0.25, -0.2) is 0 Å². The molecule has 6 heterocycles. The number of nitrogen functional groups attached to an aromatic ring is 1. The Kier molecular flexibility index (Phi) is 17.5. The van der Waals surface area contributed by atoms with Crippen LogP contribution >= 0.6 is 31.9 Å². The van der Waals surface area contributed by atoms with Gasteiger partial charge in [-0.15, -0.1) is 0 Å². The second kappa shape index (κ2) is 21.4. The molecule has 0 saturated carbocycles. The molecule has 0 unspecified atom stereocenters. The van der Waals surface area contributed by atoms with E-state index in [-0.39, 0.29) is 0 Å². The summed E-state index contributed by atoms with van der Waals surface area (Å²) in [5.41, 5.74) is 8.93. The number of nitrogens with two attached hydrogens (primary N) is 1. The zero-order valence-corrected chi connectivity index (χ0v) is 27.8. The number of ether oxygens (including phenoxy) is 3. The summed E-state index contributed by atoms with van der Waals surface area (Å²) in [6.07, 6.45) is 9.78. The van der Waals surface area contributed by atoms with Gasteiger partial charge in [0.05, 0.1) is 49.7 Å². The molecule has 0 bridgehead atoms. The highest BCUT2D eigenvalue weighted by atomic mass is 79.9. The van der Waals surface area contributed by atoms with Gasteiger partial charge in [0, 0.05) is 73.8 Å². The largest absolute Gasteiger partial charge is 0.397 e. The second-order valence-electron chi connectivity index (χ2n) is 10.0. The predicted octanol–water partition coefficient (Wildman–Crippen LogP) is 5.02. The number of aldehydes is 1. The van der Waals surface area contributed by atoms with Gasteiger partial charge in [-0.3, -0.25) is 29.5 Å². The number of carbonyl (C=O) groups excluding carboxylic acids is 1. The SMILES string of the molecule is Brc1ccc(CN2CCOCC2)nc1.C1CCOCC1.Nc1ccc(CN2CCOCC2)nc1.O=Cc1ccc(Br)cn1. The molecule has 0 aromatic carbocycles. The van der Waals surface area contributed by atoms with Gasteiger partial charge in [-0.1, -0.05) is 0 Å². The maximum absolute atomic E-state index is 10.0. The molecule has 12 heteroatoms. The normalized spacial score (nSPS) is 17.2. The first kappa shape index (κ1) is 35.2. The maximum Gasteiger partial charge on any atom is 0.168 e. The molecule has 0 amide bonds. The first-order valence-corrected chi connectivity index (χ1v) is 16.2. The number of hydrogen-bond acceptors (Lipinski definition) is 10. The fraction of sp³-hybridized carbons (Fsp3) is 0.484. The summed E-state index contributed by atoms with van der Waals surface area (Å²) in [4.78, 5) is 27.1. The van der Waals surface area contributed by atoms with Crippen LogP contribution in [0, 0.1) is 0 Å². The highest BCUT2D eigenvalue weighted by molar-refractivity contribution is 9.10. The van der Waals surface area contributed by atoms with Crippen LogP contribution in [0.15, 0.2) is 63.9 Å². The third kappa shape index (κ3) is 15.8. The van der Waals surface area contributed by atoms with Crippen molar-refractivity contribution < 1.29 is 19.0 Å². The van der Waals surface area contributed by atoms with Crippen molar-refractivity contribution in [3.05, 3.63) is 81.0 Å². The number of hydrogen-bond donors (Lipinski definition) is 1. The van der Waals surface area contributed by atoms with E-state index < -0.39 is 0 Å². The molecule has 0 spiro atoms. The number of morpholine rings is 2. The lowest BCUT2D eigenvalue weighted by molar-refractivity contribution is 0.0336. The molecule has 0 aliphatic carbocycles. The van der Waals surface area contributed by atoms with Gasteiger partial charge < -0.3 is 19.9 Å². The molecule has 2 N–H and O–H groups in total. The molecule has 3 aliphatic heterocycles. The van der Waals surface area contributed by atoms with Crippen LogP contribution < -0.4 is 5.73 Å². The molecule has 3 aliphatic rings. The lowest BCUT2D eigenvalue weighted by atomic mass is 10.2. The summed E-state index contributed by atoms with van der Waals surface area (Å²) in [5.74, 6) is 0. The Morgan fingerprint density at radius 2 is 1.14 bits per heavy atom. The number of anilines is 1. The van der Waals surface area contributed by atoms with Crippen molar-refractivity contribution in [2.75, 3.05) is 71.6 Å². The molecule has 10 nitrogen and oxygen atoms in total. The zero-order valence-electron chi connectivity index (χ0n) is 24.6. The van der Waals surface area contributed by atoms with Crippen LogP contribution in [0.3, 0.4) is 0 Å². The molecular formula is C31H42Br2N6O4. The highest BCUT2D eigenvalue weighted by Gasteiger charge is 2.11. The maximum atomic E-state index is 10.0. The number of nitrogens with zero attached hydrogens (tertiary/aromatic N) is 5. The molecule has 0 radical (unpaired) electrons. The summed E-state index contributed by atoms with van der Waals surface area (Å²) in [6.45, 7) is 11.2. The lowest BCUT2D eigenvalue weighted by Gasteiger charge is -2.26. The molecule has 234 valence electrons. The number of aromatic nitrogens is 3. The van der Waals surface area contributed by atoms with E-state index in [0.29, 0.717) is 12.0 Å². The minimum absolute atomic E-state index is 0.457. The van der Waals surface area contributed by atoms with Crippen LogP contribution in [0.25, 0.3) is 0 Å². The van der Waals surface area contributed by atoms with Gasteiger partial charge in [0.15, 0.2) is 6.29 Å².